The molecule has 1 aliphatic rings. The number of ether oxygens (including phenoxy) is 1. The number of rotatable bonds is 7. The predicted molar refractivity (Wildman–Crippen MR) is 108 cm³/mol. The second-order valence-electron chi connectivity index (χ2n) is 6.90. The van der Waals surface area contributed by atoms with Gasteiger partial charge in [-0.3, -0.25) is 4.99 Å². The van der Waals surface area contributed by atoms with Gasteiger partial charge in [0, 0.05) is 32.0 Å². The number of hydrogen-bond acceptors (Lipinski definition) is 4. The lowest BCUT2D eigenvalue weighted by Crippen LogP contribution is -2.45. The molecule has 1 aromatic heterocycles. The van der Waals surface area contributed by atoms with Crippen LogP contribution in [-0.2, 0) is 24.1 Å². The van der Waals surface area contributed by atoms with Crippen LogP contribution in [0, 0.1) is 0 Å². The average Bonchev–Trinajstić information content (AvgIpc) is 3.30. The van der Waals surface area contributed by atoms with Crippen LogP contribution in [-0.4, -0.2) is 36.7 Å². The van der Waals surface area contributed by atoms with Crippen LogP contribution < -0.4 is 10.6 Å². The molecule has 2 N–H and O–H groups in total. The average molecular weight is 373 g/mol. The normalized spacial score (nSPS) is 20.3. The van der Waals surface area contributed by atoms with Crippen molar-refractivity contribution in [2.45, 2.75) is 44.8 Å². The predicted octanol–water partition coefficient (Wildman–Crippen LogP) is 3.16. The summed E-state index contributed by atoms with van der Waals surface area (Å²) in [4.78, 5) is 9.02. The number of aryl methyl sites for hydroxylation is 2. The molecule has 2 aromatic rings. The molecule has 26 heavy (non-hydrogen) atoms. The van der Waals surface area contributed by atoms with Crippen LogP contribution >= 0.6 is 11.3 Å². The van der Waals surface area contributed by atoms with E-state index in [4.69, 9.17) is 9.72 Å². The molecule has 2 heterocycles. The molecular formula is C20H28N4OS. The third kappa shape index (κ3) is 5.54. The summed E-state index contributed by atoms with van der Waals surface area (Å²) in [5, 5.41) is 10.0. The minimum Gasteiger partial charge on any atom is -0.373 e. The van der Waals surface area contributed by atoms with Gasteiger partial charge in [0.25, 0.3) is 0 Å². The summed E-state index contributed by atoms with van der Waals surface area (Å²) < 4.78 is 5.81. The molecule has 5 nitrogen and oxygen atoms in total. The Bertz CT molecular complexity index is 708. The molecule has 1 aliphatic heterocycles. The fourth-order valence-corrected chi connectivity index (χ4v) is 3.88. The minimum atomic E-state index is -0.0805. The van der Waals surface area contributed by atoms with E-state index in [2.05, 4.69) is 58.3 Å². The van der Waals surface area contributed by atoms with Gasteiger partial charge in [0.2, 0.25) is 0 Å². The molecule has 1 atom stereocenters. The maximum Gasteiger partial charge on any atom is 0.191 e. The lowest BCUT2D eigenvalue weighted by atomic mass is 10.0. The summed E-state index contributed by atoms with van der Waals surface area (Å²) in [7, 11) is 1.79. The molecular weight excluding hydrogens is 344 g/mol. The van der Waals surface area contributed by atoms with Crippen LogP contribution in [0.4, 0.5) is 0 Å². The van der Waals surface area contributed by atoms with Gasteiger partial charge >= 0.3 is 0 Å². The smallest absolute Gasteiger partial charge is 0.191 e. The van der Waals surface area contributed by atoms with E-state index >= 15 is 0 Å². The molecule has 0 spiro atoms. The largest absolute Gasteiger partial charge is 0.373 e. The maximum atomic E-state index is 5.81. The molecule has 0 aliphatic carbocycles. The van der Waals surface area contributed by atoms with Crippen LogP contribution in [0.2, 0.25) is 0 Å². The highest BCUT2D eigenvalue weighted by Gasteiger charge is 2.29. The molecule has 0 bridgehead atoms. The zero-order valence-corrected chi connectivity index (χ0v) is 16.4. The maximum absolute atomic E-state index is 5.81. The van der Waals surface area contributed by atoms with Crippen molar-refractivity contribution in [1.29, 1.82) is 0 Å². The van der Waals surface area contributed by atoms with Crippen LogP contribution in [0.25, 0.3) is 0 Å². The highest BCUT2D eigenvalue weighted by Crippen LogP contribution is 2.23. The van der Waals surface area contributed by atoms with Gasteiger partial charge in [0.05, 0.1) is 22.8 Å². The summed E-state index contributed by atoms with van der Waals surface area (Å²) in [5.41, 5.74) is 2.34. The van der Waals surface area contributed by atoms with E-state index in [0.717, 1.165) is 50.5 Å². The number of aliphatic imine (C=N–C) groups is 1. The Kier molecular flexibility index (Phi) is 6.63. The summed E-state index contributed by atoms with van der Waals surface area (Å²) in [6.07, 6.45) is 4.24. The first-order valence-corrected chi connectivity index (χ1v) is 10.1. The SMILES string of the molecule is CN=C(NCc1csc(CCc2ccccc2)n1)NCC1(C)CCCO1. The van der Waals surface area contributed by atoms with Gasteiger partial charge in [0.1, 0.15) is 0 Å². The Labute approximate surface area is 159 Å². The third-order valence-electron chi connectivity index (χ3n) is 4.66. The first kappa shape index (κ1) is 18.9. The first-order chi connectivity index (χ1) is 12.7. The monoisotopic (exact) mass is 372 g/mol. The zero-order valence-electron chi connectivity index (χ0n) is 15.6. The quantitative estimate of drug-likeness (QED) is 0.579. The highest BCUT2D eigenvalue weighted by molar-refractivity contribution is 7.09. The molecule has 0 saturated carbocycles. The second kappa shape index (κ2) is 9.14. The Morgan fingerprint density at radius 3 is 2.85 bits per heavy atom. The molecule has 0 amide bonds. The molecule has 1 unspecified atom stereocenters. The van der Waals surface area contributed by atoms with Gasteiger partial charge < -0.3 is 15.4 Å². The van der Waals surface area contributed by atoms with Crippen molar-refractivity contribution in [2.75, 3.05) is 20.2 Å². The van der Waals surface area contributed by atoms with Gasteiger partial charge in [-0.1, -0.05) is 30.3 Å². The van der Waals surface area contributed by atoms with Crippen molar-refractivity contribution in [3.8, 4) is 0 Å². The number of aromatic nitrogens is 1. The molecule has 3 rings (SSSR count). The lowest BCUT2D eigenvalue weighted by Gasteiger charge is -2.24. The van der Waals surface area contributed by atoms with E-state index in [-0.39, 0.29) is 5.60 Å². The molecule has 140 valence electrons. The van der Waals surface area contributed by atoms with Crippen molar-refractivity contribution < 1.29 is 4.74 Å². The molecule has 0 radical (unpaired) electrons. The number of hydrogen-bond donors (Lipinski definition) is 2. The first-order valence-electron chi connectivity index (χ1n) is 9.22. The van der Waals surface area contributed by atoms with E-state index in [1.165, 1.54) is 10.6 Å². The van der Waals surface area contributed by atoms with Crippen molar-refractivity contribution in [3.63, 3.8) is 0 Å². The Morgan fingerprint density at radius 2 is 2.12 bits per heavy atom. The standard InChI is InChI=1S/C20H28N4OS/c1-20(11-6-12-25-20)15-23-19(21-2)22-13-17-14-26-18(24-17)10-9-16-7-4-3-5-8-16/h3-5,7-8,14H,6,9-13,15H2,1-2H3,(H2,21,22,23). The van der Waals surface area contributed by atoms with Gasteiger partial charge in [-0.15, -0.1) is 11.3 Å². The third-order valence-corrected chi connectivity index (χ3v) is 5.62. The summed E-state index contributed by atoms with van der Waals surface area (Å²) in [6.45, 7) is 4.46. The van der Waals surface area contributed by atoms with Crippen LogP contribution in [0.3, 0.4) is 0 Å². The number of benzene rings is 1. The number of guanidine groups is 1. The van der Waals surface area contributed by atoms with E-state index in [9.17, 15) is 0 Å². The van der Waals surface area contributed by atoms with E-state index in [0.29, 0.717) is 6.54 Å². The zero-order chi connectivity index (χ0) is 18.2. The van der Waals surface area contributed by atoms with Gasteiger partial charge in [-0.05, 0) is 31.7 Å². The minimum absolute atomic E-state index is 0.0805. The van der Waals surface area contributed by atoms with Gasteiger partial charge in [-0.25, -0.2) is 4.98 Å². The van der Waals surface area contributed by atoms with Crippen LogP contribution in [0.1, 0.15) is 36.0 Å². The summed E-state index contributed by atoms with van der Waals surface area (Å²) >= 11 is 1.73. The lowest BCUT2D eigenvalue weighted by molar-refractivity contribution is 0.0243. The molecule has 1 saturated heterocycles. The Morgan fingerprint density at radius 1 is 1.27 bits per heavy atom. The van der Waals surface area contributed by atoms with Crippen molar-refractivity contribution >= 4 is 17.3 Å². The fourth-order valence-electron chi connectivity index (χ4n) is 3.08. The van der Waals surface area contributed by atoms with Crippen LogP contribution in [0.5, 0.6) is 0 Å². The van der Waals surface area contributed by atoms with Crippen molar-refractivity contribution in [1.82, 2.24) is 15.6 Å². The van der Waals surface area contributed by atoms with Gasteiger partial charge in [-0.2, -0.15) is 0 Å². The van der Waals surface area contributed by atoms with Crippen LogP contribution in [0.15, 0.2) is 40.7 Å². The fraction of sp³-hybridized carbons (Fsp3) is 0.500. The van der Waals surface area contributed by atoms with E-state index in [1.54, 1.807) is 18.4 Å². The highest BCUT2D eigenvalue weighted by atomic mass is 32.1. The number of thiazole rings is 1. The van der Waals surface area contributed by atoms with Crippen molar-refractivity contribution in [3.05, 3.63) is 52.0 Å². The van der Waals surface area contributed by atoms with Crippen molar-refractivity contribution in [2.24, 2.45) is 4.99 Å². The summed E-state index contributed by atoms with van der Waals surface area (Å²) in [6, 6.07) is 10.6. The van der Waals surface area contributed by atoms with Gasteiger partial charge in [0.15, 0.2) is 5.96 Å². The molecule has 6 heteroatoms. The Balaban J connectivity index is 1.43. The number of nitrogens with one attached hydrogen (secondary N) is 2. The Hall–Kier alpha value is -1.92. The number of nitrogens with zero attached hydrogens (tertiary/aromatic N) is 2. The summed E-state index contributed by atoms with van der Waals surface area (Å²) in [5.74, 6) is 0.792. The van der Waals surface area contributed by atoms with E-state index < -0.39 is 0 Å². The van der Waals surface area contributed by atoms with E-state index in [1.807, 2.05) is 0 Å². The molecule has 1 fully saturated rings. The second-order valence-corrected chi connectivity index (χ2v) is 7.84. The molecule has 1 aromatic carbocycles. The topological polar surface area (TPSA) is 58.5 Å².